The minimum absolute atomic E-state index is 0.245. The molecule has 0 amide bonds. The second kappa shape index (κ2) is 6.00. The van der Waals surface area contributed by atoms with E-state index in [9.17, 15) is 31.7 Å². The number of alkyl halides is 3. The quantitative estimate of drug-likeness (QED) is 0.493. The maximum absolute atomic E-state index is 12.6. The molecule has 0 bridgehead atoms. The molecule has 0 heterocycles. The van der Waals surface area contributed by atoms with Crippen molar-refractivity contribution in [3.63, 3.8) is 0 Å². The molecule has 0 radical (unpaired) electrons. The Morgan fingerprint density at radius 1 is 1.08 bits per heavy atom. The number of nitrogen functional groups attached to an aromatic ring is 1. The first-order chi connectivity index (χ1) is 11.0. The van der Waals surface area contributed by atoms with E-state index in [0.717, 1.165) is 12.1 Å². The van der Waals surface area contributed by atoms with Gasteiger partial charge in [0.15, 0.2) is 0 Å². The standard InChI is InChI=1S/C13H10F3N3O4S/c14-13(15,16)8-1-6-11(12(7-8)19(20)21)18-24(22,23)10-4-2-9(17)3-5-10/h1-7,18H,17H2. The number of hydrogen-bond acceptors (Lipinski definition) is 5. The SMILES string of the molecule is Nc1ccc(S(=O)(=O)Nc2ccc(C(F)(F)F)cc2[N+](=O)[O-])cc1. The van der Waals surface area contributed by atoms with E-state index in [1.165, 1.54) is 12.1 Å². The molecule has 0 aromatic heterocycles. The van der Waals surface area contributed by atoms with Gasteiger partial charge in [0.05, 0.1) is 15.4 Å². The number of nitrogens with two attached hydrogens (primary N) is 1. The first-order valence-electron chi connectivity index (χ1n) is 6.25. The Kier molecular flexibility index (Phi) is 4.38. The summed E-state index contributed by atoms with van der Waals surface area (Å²) in [5, 5.41) is 11.0. The van der Waals surface area contributed by atoms with Gasteiger partial charge in [-0.15, -0.1) is 0 Å². The van der Waals surface area contributed by atoms with Crippen molar-refractivity contribution in [3.05, 3.63) is 58.1 Å². The number of anilines is 2. The fraction of sp³-hybridized carbons (Fsp3) is 0.0769. The Balaban J connectivity index is 2.45. The second-order valence-electron chi connectivity index (χ2n) is 4.66. The van der Waals surface area contributed by atoms with Crippen LogP contribution in [0.3, 0.4) is 0 Å². The smallest absolute Gasteiger partial charge is 0.399 e. The molecule has 0 atom stereocenters. The summed E-state index contributed by atoms with van der Waals surface area (Å²) in [4.78, 5) is 9.61. The lowest BCUT2D eigenvalue weighted by atomic mass is 10.1. The van der Waals surface area contributed by atoms with E-state index < -0.39 is 38.1 Å². The van der Waals surface area contributed by atoms with Crippen LogP contribution in [0.4, 0.5) is 30.2 Å². The molecule has 2 rings (SSSR count). The van der Waals surface area contributed by atoms with Gasteiger partial charge in [-0.25, -0.2) is 8.42 Å². The van der Waals surface area contributed by atoms with Crippen LogP contribution >= 0.6 is 0 Å². The van der Waals surface area contributed by atoms with Crippen LogP contribution in [0.1, 0.15) is 5.56 Å². The first-order valence-corrected chi connectivity index (χ1v) is 7.73. The number of nitrogens with one attached hydrogen (secondary N) is 1. The number of nitrogens with zero attached hydrogens (tertiary/aromatic N) is 1. The van der Waals surface area contributed by atoms with E-state index in [-0.39, 0.29) is 11.0 Å². The van der Waals surface area contributed by atoms with Crippen molar-refractivity contribution in [1.29, 1.82) is 0 Å². The van der Waals surface area contributed by atoms with E-state index in [0.29, 0.717) is 17.8 Å². The highest BCUT2D eigenvalue weighted by Gasteiger charge is 2.33. The molecule has 128 valence electrons. The molecule has 0 aliphatic heterocycles. The number of nitro groups is 1. The number of halogens is 3. The molecule has 11 heteroatoms. The third-order valence-corrected chi connectivity index (χ3v) is 4.34. The Morgan fingerprint density at radius 2 is 1.67 bits per heavy atom. The lowest BCUT2D eigenvalue weighted by Crippen LogP contribution is -2.15. The molecule has 7 nitrogen and oxygen atoms in total. The van der Waals surface area contributed by atoms with Crippen LogP contribution in [-0.4, -0.2) is 13.3 Å². The summed E-state index contributed by atoms with van der Waals surface area (Å²) in [6.07, 6.45) is -4.79. The minimum atomic E-state index is -4.79. The van der Waals surface area contributed by atoms with Crippen LogP contribution in [0.15, 0.2) is 47.4 Å². The predicted molar refractivity (Wildman–Crippen MR) is 79.8 cm³/mol. The fourth-order valence-electron chi connectivity index (χ4n) is 1.80. The summed E-state index contributed by atoms with van der Waals surface area (Å²) in [5.74, 6) is 0. The van der Waals surface area contributed by atoms with Crippen LogP contribution in [0.2, 0.25) is 0 Å². The Morgan fingerprint density at radius 3 is 2.17 bits per heavy atom. The molecule has 0 saturated heterocycles. The normalized spacial score (nSPS) is 12.0. The van der Waals surface area contributed by atoms with Crippen LogP contribution in [-0.2, 0) is 16.2 Å². The number of benzene rings is 2. The van der Waals surface area contributed by atoms with Crippen molar-refractivity contribution in [2.24, 2.45) is 0 Å². The maximum Gasteiger partial charge on any atom is 0.416 e. The Hall–Kier alpha value is -2.82. The highest BCUT2D eigenvalue weighted by atomic mass is 32.2. The van der Waals surface area contributed by atoms with Gasteiger partial charge in [-0.3, -0.25) is 14.8 Å². The van der Waals surface area contributed by atoms with Crippen LogP contribution in [0, 0.1) is 10.1 Å². The number of hydrogen-bond donors (Lipinski definition) is 2. The van der Waals surface area contributed by atoms with Gasteiger partial charge in [-0.2, -0.15) is 13.2 Å². The van der Waals surface area contributed by atoms with Crippen LogP contribution in [0.25, 0.3) is 0 Å². The van der Waals surface area contributed by atoms with Crippen molar-refractivity contribution in [1.82, 2.24) is 0 Å². The molecule has 24 heavy (non-hydrogen) atoms. The fourth-order valence-corrected chi connectivity index (χ4v) is 2.87. The first kappa shape index (κ1) is 17.5. The summed E-state index contributed by atoms with van der Waals surface area (Å²) in [6, 6.07) is 6.43. The van der Waals surface area contributed by atoms with Crippen molar-refractivity contribution >= 4 is 27.1 Å². The summed E-state index contributed by atoms with van der Waals surface area (Å²) in [6.45, 7) is 0. The van der Waals surface area contributed by atoms with E-state index in [1.807, 2.05) is 4.72 Å². The number of sulfonamides is 1. The summed E-state index contributed by atoms with van der Waals surface area (Å²) >= 11 is 0. The van der Waals surface area contributed by atoms with Gasteiger partial charge in [-0.1, -0.05) is 0 Å². The van der Waals surface area contributed by atoms with Gasteiger partial charge in [-0.05, 0) is 36.4 Å². The Labute approximate surface area is 134 Å². The van der Waals surface area contributed by atoms with Gasteiger partial charge in [0, 0.05) is 11.8 Å². The summed E-state index contributed by atoms with van der Waals surface area (Å²) in [5.41, 5.74) is 2.88. The molecule has 2 aromatic carbocycles. The highest BCUT2D eigenvalue weighted by molar-refractivity contribution is 7.92. The zero-order valence-electron chi connectivity index (χ0n) is 11.7. The van der Waals surface area contributed by atoms with E-state index in [2.05, 4.69) is 0 Å². The summed E-state index contributed by atoms with van der Waals surface area (Å²) < 4.78 is 64.1. The molecule has 0 aliphatic rings. The molecular weight excluding hydrogens is 351 g/mol. The topological polar surface area (TPSA) is 115 Å². The number of rotatable bonds is 4. The van der Waals surface area contributed by atoms with Gasteiger partial charge in [0.25, 0.3) is 15.7 Å². The molecule has 3 N–H and O–H groups in total. The molecular formula is C13H10F3N3O4S. The zero-order chi connectivity index (χ0) is 18.1. The second-order valence-corrected chi connectivity index (χ2v) is 6.34. The van der Waals surface area contributed by atoms with Gasteiger partial charge < -0.3 is 5.73 Å². The van der Waals surface area contributed by atoms with Crippen LogP contribution < -0.4 is 10.5 Å². The third kappa shape index (κ3) is 3.74. The van der Waals surface area contributed by atoms with E-state index in [4.69, 9.17) is 5.73 Å². The zero-order valence-corrected chi connectivity index (χ0v) is 12.6. The Bertz CT molecular complexity index is 880. The van der Waals surface area contributed by atoms with Gasteiger partial charge in [0.1, 0.15) is 5.69 Å². The molecule has 0 fully saturated rings. The van der Waals surface area contributed by atoms with Crippen LogP contribution in [0.5, 0.6) is 0 Å². The van der Waals surface area contributed by atoms with Crippen molar-refractivity contribution < 1.29 is 26.5 Å². The number of nitro benzene ring substituents is 1. The lowest BCUT2D eigenvalue weighted by Gasteiger charge is -2.11. The van der Waals surface area contributed by atoms with Crippen molar-refractivity contribution in [3.8, 4) is 0 Å². The van der Waals surface area contributed by atoms with Crippen molar-refractivity contribution in [2.75, 3.05) is 10.5 Å². The molecule has 0 saturated carbocycles. The molecule has 0 spiro atoms. The molecule has 0 unspecified atom stereocenters. The van der Waals surface area contributed by atoms with E-state index in [1.54, 1.807) is 0 Å². The average Bonchev–Trinajstić information content (AvgIpc) is 2.46. The van der Waals surface area contributed by atoms with Gasteiger partial charge in [0.2, 0.25) is 0 Å². The third-order valence-electron chi connectivity index (χ3n) is 2.96. The molecule has 0 aliphatic carbocycles. The maximum atomic E-state index is 12.6. The van der Waals surface area contributed by atoms with Gasteiger partial charge >= 0.3 is 6.18 Å². The lowest BCUT2D eigenvalue weighted by molar-refractivity contribution is -0.384. The molecule has 2 aromatic rings. The highest BCUT2D eigenvalue weighted by Crippen LogP contribution is 2.35. The monoisotopic (exact) mass is 361 g/mol. The predicted octanol–water partition coefficient (Wildman–Crippen LogP) is 3.00. The van der Waals surface area contributed by atoms with Crippen molar-refractivity contribution in [2.45, 2.75) is 11.1 Å². The minimum Gasteiger partial charge on any atom is -0.399 e. The average molecular weight is 361 g/mol. The largest absolute Gasteiger partial charge is 0.416 e. The van der Waals surface area contributed by atoms with E-state index >= 15 is 0 Å². The summed E-state index contributed by atoms with van der Waals surface area (Å²) in [7, 11) is -4.23.